The molecule has 47 heavy (non-hydrogen) atoms. The second-order valence-electron chi connectivity index (χ2n) is 10.8. The van der Waals surface area contributed by atoms with E-state index in [0.717, 1.165) is 17.2 Å². The molecule has 6 rings (SSSR count). The highest BCUT2D eigenvalue weighted by Crippen LogP contribution is 2.41. The summed E-state index contributed by atoms with van der Waals surface area (Å²) in [6.45, 7) is 5.99. The molecule has 10 heteroatoms. The Morgan fingerprint density at radius 1 is 0.957 bits per heavy atom. The Bertz CT molecular complexity index is 2210. The molecule has 0 aliphatic carbocycles. The lowest BCUT2D eigenvalue weighted by Crippen LogP contribution is -2.40. The molecule has 1 aliphatic heterocycles. The highest BCUT2D eigenvalue weighted by atomic mass is 32.1. The third-order valence-electron chi connectivity index (χ3n) is 7.87. The van der Waals surface area contributed by atoms with Gasteiger partial charge in [0.05, 0.1) is 41.7 Å². The molecule has 0 fully saturated rings. The van der Waals surface area contributed by atoms with Crippen LogP contribution < -0.4 is 19.6 Å². The number of thiazole rings is 1. The van der Waals surface area contributed by atoms with Crippen molar-refractivity contribution in [2.24, 2.45) is 4.99 Å². The number of nitrogens with zero attached hydrogens (tertiary/aromatic N) is 2. The van der Waals surface area contributed by atoms with Crippen LogP contribution in [0.1, 0.15) is 61.3 Å². The lowest BCUT2D eigenvalue weighted by atomic mass is 9.90. The topological polar surface area (TPSA) is 109 Å². The minimum Gasteiger partial charge on any atom is -0.496 e. The highest BCUT2D eigenvalue weighted by Gasteiger charge is 2.37. The molecule has 0 spiro atoms. The van der Waals surface area contributed by atoms with Crippen molar-refractivity contribution >= 4 is 40.1 Å². The van der Waals surface area contributed by atoms with Crippen LogP contribution >= 0.6 is 11.3 Å². The number of rotatable bonds is 10. The average Bonchev–Trinajstić information content (AvgIpc) is 3.68. The van der Waals surface area contributed by atoms with Gasteiger partial charge >= 0.3 is 11.9 Å². The van der Waals surface area contributed by atoms with Crippen LogP contribution in [0.25, 0.3) is 28.2 Å². The SMILES string of the molecule is CCCC1=C(C(=O)OCC)C(c2c(OC)ccc3ccccc23)n2c(s/c(=C\c3ccc(-c4cccc(C(=O)OCC)c4)o3)c2=O)=N1. The molecule has 3 aromatic carbocycles. The number of aromatic nitrogens is 1. The Kier molecular flexibility index (Phi) is 9.22. The van der Waals surface area contributed by atoms with E-state index in [4.69, 9.17) is 23.6 Å². The van der Waals surface area contributed by atoms with E-state index in [-0.39, 0.29) is 18.8 Å². The number of carbonyl (C=O) groups excluding carboxylic acids is 2. The van der Waals surface area contributed by atoms with E-state index < -0.39 is 18.0 Å². The summed E-state index contributed by atoms with van der Waals surface area (Å²) in [5.41, 5.74) is 2.38. The van der Waals surface area contributed by atoms with Gasteiger partial charge in [-0.15, -0.1) is 0 Å². The molecule has 0 N–H and O–H groups in total. The first-order valence-corrected chi connectivity index (χ1v) is 16.3. The normalized spacial score (nSPS) is 14.6. The van der Waals surface area contributed by atoms with Crippen LogP contribution in [0.3, 0.4) is 0 Å². The summed E-state index contributed by atoms with van der Waals surface area (Å²) < 4.78 is 24.6. The van der Waals surface area contributed by atoms with E-state index in [1.54, 1.807) is 61.9 Å². The lowest BCUT2D eigenvalue weighted by Gasteiger charge is -2.28. The van der Waals surface area contributed by atoms with Crippen molar-refractivity contribution in [1.82, 2.24) is 4.57 Å². The summed E-state index contributed by atoms with van der Waals surface area (Å²) >= 11 is 1.23. The average molecular weight is 651 g/mol. The lowest BCUT2D eigenvalue weighted by molar-refractivity contribution is -0.139. The fourth-order valence-electron chi connectivity index (χ4n) is 5.86. The van der Waals surface area contributed by atoms with Gasteiger partial charge in [0.15, 0.2) is 4.80 Å². The Morgan fingerprint density at radius 3 is 2.51 bits per heavy atom. The fraction of sp³-hybridized carbons (Fsp3) is 0.243. The van der Waals surface area contributed by atoms with Gasteiger partial charge in [-0.1, -0.05) is 67.1 Å². The molecule has 1 unspecified atom stereocenters. The summed E-state index contributed by atoms with van der Waals surface area (Å²) in [6, 6.07) is 21.3. The van der Waals surface area contributed by atoms with Crippen molar-refractivity contribution in [3.05, 3.63) is 121 Å². The Balaban J connectivity index is 1.53. The second kappa shape index (κ2) is 13.6. The molecule has 1 atom stereocenters. The molecule has 3 heterocycles. The largest absolute Gasteiger partial charge is 0.496 e. The van der Waals surface area contributed by atoms with E-state index in [1.807, 2.05) is 49.4 Å². The van der Waals surface area contributed by atoms with Gasteiger partial charge in [0.1, 0.15) is 23.3 Å². The van der Waals surface area contributed by atoms with Crippen LogP contribution in [0, 0.1) is 0 Å². The van der Waals surface area contributed by atoms with E-state index in [0.29, 0.717) is 61.0 Å². The second-order valence-corrected chi connectivity index (χ2v) is 11.8. The fourth-order valence-corrected chi connectivity index (χ4v) is 6.86. The molecular weight excluding hydrogens is 616 g/mol. The maximum Gasteiger partial charge on any atom is 0.338 e. The van der Waals surface area contributed by atoms with Crippen LogP contribution in [-0.4, -0.2) is 36.8 Å². The van der Waals surface area contributed by atoms with E-state index in [9.17, 15) is 14.4 Å². The van der Waals surface area contributed by atoms with Crippen molar-refractivity contribution in [2.75, 3.05) is 20.3 Å². The molecular formula is C37H34N2O7S. The number of furan rings is 1. The van der Waals surface area contributed by atoms with E-state index >= 15 is 0 Å². The van der Waals surface area contributed by atoms with Gasteiger partial charge in [0.25, 0.3) is 5.56 Å². The molecule has 0 radical (unpaired) electrons. The summed E-state index contributed by atoms with van der Waals surface area (Å²) in [6.07, 6.45) is 2.94. The maximum absolute atomic E-state index is 14.4. The van der Waals surface area contributed by atoms with Crippen LogP contribution in [-0.2, 0) is 14.3 Å². The molecule has 2 aromatic heterocycles. The number of hydrogen-bond donors (Lipinski definition) is 0. The quantitative estimate of drug-likeness (QED) is 0.166. The highest BCUT2D eigenvalue weighted by molar-refractivity contribution is 7.07. The number of methoxy groups -OCH3 is 1. The molecule has 0 bridgehead atoms. The molecule has 240 valence electrons. The monoisotopic (exact) mass is 650 g/mol. The standard InChI is InChI=1S/C37H34N2O7S/c1-5-11-27-32(36(42)45-7-3)33(31-26-15-9-8-12-22(26)16-18-29(31)43-4)39-34(40)30(47-37(39)38-27)21-25-17-19-28(46-25)23-13-10-14-24(20-23)35(41)44-6-2/h8-10,12-21,33H,5-7,11H2,1-4H3/b30-21-. The van der Waals surface area contributed by atoms with Gasteiger partial charge in [-0.2, -0.15) is 0 Å². The van der Waals surface area contributed by atoms with Gasteiger partial charge < -0.3 is 18.6 Å². The third-order valence-corrected chi connectivity index (χ3v) is 8.86. The van der Waals surface area contributed by atoms with Gasteiger partial charge in [-0.3, -0.25) is 9.36 Å². The molecule has 0 saturated heterocycles. The predicted octanol–water partition coefficient (Wildman–Crippen LogP) is 6.18. The Morgan fingerprint density at radius 2 is 1.74 bits per heavy atom. The van der Waals surface area contributed by atoms with Crippen LogP contribution in [0.2, 0.25) is 0 Å². The number of allylic oxidation sites excluding steroid dienone is 1. The smallest absolute Gasteiger partial charge is 0.338 e. The first-order valence-electron chi connectivity index (χ1n) is 15.5. The van der Waals surface area contributed by atoms with Crippen molar-refractivity contribution in [3.8, 4) is 17.1 Å². The van der Waals surface area contributed by atoms with E-state index in [2.05, 4.69) is 0 Å². The van der Waals surface area contributed by atoms with Crippen molar-refractivity contribution < 1.29 is 28.2 Å². The number of benzene rings is 3. The predicted molar refractivity (Wildman–Crippen MR) is 180 cm³/mol. The van der Waals surface area contributed by atoms with Crippen LogP contribution in [0.15, 0.2) is 98.3 Å². The van der Waals surface area contributed by atoms with Crippen LogP contribution in [0.5, 0.6) is 5.75 Å². The Hall–Kier alpha value is -5.22. The molecule has 1 aliphatic rings. The van der Waals surface area contributed by atoms with Crippen molar-refractivity contribution in [3.63, 3.8) is 0 Å². The number of esters is 2. The third kappa shape index (κ3) is 6.04. The van der Waals surface area contributed by atoms with E-state index in [1.165, 1.54) is 11.3 Å². The van der Waals surface area contributed by atoms with Crippen molar-refractivity contribution in [1.29, 1.82) is 0 Å². The van der Waals surface area contributed by atoms with Crippen LogP contribution in [0.4, 0.5) is 0 Å². The number of carbonyl (C=O) groups is 2. The summed E-state index contributed by atoms with van der Waals surface area (Å²) in [5, 5.41) is 1.80. The zero-order valence-electron chi connectivity index (χ0n) is 26.6. The van der Waals surface area contributed by atoms with Gasteiger partial charge in [-0.05, 0) is 61.4 Å². The van der Waals surface area contributed by atoms with Gasteiger partial charge in [0.2, 0.25) is 0 Å². The summed E-state index contributed by atoms with van der Waals surface area (Å²) in [5.74, 6) is 0.593. The minimum absolute atomic E-state index is 0.176. The first-order chi connectivity index (χ1) is 22.9. The molecule has 0 amide bonds. The van der Waals surface area contributed by atoms with Crippen molar-refractivity contribution in [2.45, 2.75) is 39.7 Å². The number of fused-ring (bicyclic) bond motifs is 2. The first kappa shape index (κ1) is 31.7. The molecule has 5 aromatic rings. The minimum atomic E-state index is -0.840. The number of ether oxygens (including phenoxy) is 3. The van der Waals surface area contributed by atoms with Gasteiger partial charge in [-0.25, -0.2) is 14.6 Å². The van der Waals surface area contributed by atoms with Gasteiger partial charge in [0, 0.05) is 17.2 Å². The molecule has 0 saturated carbocycles. The summed E-state index contributed by atoms with van der Waals surface area (Å²) in [7, 11) is 1.58. The zero-order valence-corrected chi connectivity index (χ0v) is 27.4. The Labute approximate surface area is 275 Å². The number of hydrogen-bond acceptors (Lipinski definition) is 9. The summed E-state index contributed by atoms with van der Waals surface area (Å²) in [4.78, 5) is 45.7. The zero-order chi connectivity index (χ0) is 33.1. The molecule has 9 nitrogen and oxygen atoms in total. The maximum atomic E-state index is 14.4.